The van der Waals surface area contributed by atoms with Crippen molar-refractivity contribution in [3.63, 3.8) is 0 Å². The van der Waals surface area contributed by atoms with Gasteiger partial charge in [-0.3, -0.25) is 0 Å². The molecule has 0 saturated carbocycles. The zero-order chi connectivity index (χ0) is 13.0. The average molecular weight is 263 g/mol. The van der Waals surface area contributed by atoms with E-state index in [0.29, 0.717) is 5.88 Å². The predicted octanol–water partition coefficient (Wildman–Crippen LogP) is 3.56. The first kappa shape index (κ1) is 12.9. The van der Waals surface area contributed by atoms with Crippen LogP contribution in [-0.4, -0.2) is 12.0 Å². The molecule has 2 rings (SSSR count). The van der Waals surface area contributed by atoms with Crippen LogP contribution in [0.3, 0.4) is 0 Å². The summed E-state index contributed by atoms with van der Waals surface area (Å²) in [7, 11) is 1.91. The van der Waals surface area contributed by atoms with Gasteiger partial charge in [0.2, 0.25) is 5.88 Å². The molecular weight excluding hydrogens is 248 g/mol. The molecule has 0 unspecified atom stereocenters. The summed E-state index contributed by atoms with van der Waals surface area (Å²) in [6.07, 6.45) is 1.74. The first-order chi connectivity index (χ1) is 8.69. The number of halogens is 1. The number of rotatable bonds is 4. The second-order valence-electron chi connectivity index (χ2n) is 4.05. The van der Waals surface area contributed by atoms with Crippen molar-refractivity contribution in [3.05, 3.63) is 52.7 Å². The average Bonchev–Trinajstić information content (AvgIpc) is 2.35. The highest BCUT2D eigenvalue weighted by Gasteiger charge is 2.02. The van der Waals surface area contributed by atoms with Crippen LogP contribution in [0.1, 0.15) is 11.1 Å². The number of aromatic nitrogens is 1. The number of nitrogens with one attached hydrogen (secondary N) is 1. The molecule has 1 aromatic heterocycles. The van der Waals surface area contributed by atoms with Gasteiger partial charge < -0.3 is 10.1 Å². The smallest absolute Gasteiger partial charge is 0.219 e. The third kappa shape index (κ3) is 3.22. The quantitative estimate of drug-likeness (QED) is 0.915. The maximum atomic E-state index is 5.97. The first-order valence-corrected chi connectivity index (χ1v) is 6.10. The standard InChI is InChI=1S/C14H15ClN2O/c1-10-7-12(3-4-13(10)15)18-14-8-11(9-16-2)5-6-17-14/h3-8,16H,9H2,1-2H3. The van der Waals surface area contributed by atoms with Crippen LogP contribution in [0.2, 0.25) is 5.02 Å². The van der Waals surface area contributed by atoms with E-state index in [0.717, 1.165) is 28.4 Å². The molecule has 2 aromatic rings. The monoisotopic (exact) mass is 262 g/mol. The van der Waals surface area contributed by atoms with E-state index < -0.39 is 0 Å². The Morgan fingerprint density at radius 3 is 2.83 bits per heavy atom. The fourth-order valence-corrected chi connectivity index (χ4v) is 1.74. The number of pyridine rings is 1. The van der Waals surface area contributed by atoms with Gasteiger partial charge in [-0.25, -0.2) is 4.98 Å². The summed E-state index contributed by atoms with van der Waals surface area (Å²) in [4.78, 5) is 4.19. The van der Waals surface area contributed by atoms with Gasteiger partial charge in [-0.2, -0.15) is 0 Å². The Morgan fingerprint density at radius 2 is 2.11 bits per heavy atom. The van der Waals surface area contributed by atoms with Crippen LogP contribution in [0.15, 0.2) is 36.5 Å². The molecule has 1 heterocycles. The van der Waals surface area contributed by atoms with Crippen LogP contribution in [0.4, 0.5) is 0 Å². The van der Waals surface area contributed by atoms with Gasteiger partial charge in [-0.15, -0.1) is 0 Å². The molecule has 1 aromatic carbocycles. The van der Waals surface area contributed by atoms with Crippen molar-refractivity contribution in [1.29, 1.82) is 0 Å². The van der Waals surface area contributed by atoms with Crippen molar-refractivity contribution in [1.82, 2.24) is 10.3 Å². The van der Waals surface area contributed by atoms with Crippen LogP contribution < -0.4 is 10.1 Å². The predicted molar refractivity (Wildman–Crippen MR) is 73.3 cm³/mol. The summed E-state index contributed by atoms with van der Waals surface area (Å²) in [5.41, 5.74) is 2.12. The number of hydrogen-bond acceptors (Lipinski definition) is 3. The van der Waals surface area contributed by atoms with Crippen molar-refractivity contribution in [2.45, 2.75) is 13.5 Å². The maximum absolute atomic E-state index is 5.97. The lowest BCUT2D eigenvalue weighted by atomic mass is 10.2. The largest absolute Gasteiger partial charge is 0.439 e. The van der Waals surface area contributed by atoms with Crippen LogP contribution in [0.25, 0.3) is 0 Å². The third-order valence-electron chi connectivity index (χ3n) is 2.53. The Hall–Kier alpha value is -1.58. The molecule has 0 aliphatic carbocycles. The van der Waals surface area contributed by atoms with Gasteiger partial charge in [-0.1, -0.05) is 11.6 Å². The van der Waals surface area contributed by atoms with Crippen LogP contribution >= 0.6 is 11.6 Å². The van der Waals surface area contributed by atoms with Gasteiger partial charge >= 0.3 is 0 Å². The normalized spacial score (nSPS) is 10.4. The molecule has 0 radical (unpaired) electrons. The molecule has 94 valence electrons. The summed E-state index contributed by atoms with van der Waals surface area (Å²) in [5.74, 6) is 1.33. The van der Waals surface area contributed by atoms with Crippen molar-refractivity contribution >= 4 is 11.6 Å². The minimum Gasteiger partial charge on any atom is -0.439 e. The summed E-state index contributed by atoms with van der Waals surface area (Å²) in [6.45, 7) is 2.73. The zero-order valence-corrected chi connectivity index (χ0v) is 11.2. The third-order valence-corrected chi connectivity index (χ3v) is 2.96. The fourth-order valence-electron chi connectivity index (χ4n) is 1.62. The fraction of sp³-hybridized carbons (Fsp3) is 0.214. The summed E-state index contributed by atoms with van der Waals surface area (Å²) < 4.78 is 5.70. The first-order valence-electron chi connectivity index (χ1n) is 5.72. The highest BCUT2D eigenvalue weighted by atomic mass is 35.5. The lowest BCUT2D eigenvalue weighted by Crippen LogP contribution is -2.05. The van der Waals surface area contributed by atoms with Gasteiger partial charge in [0.15, 0.2) is 0 Å². The number of ether oxygens (including phenoxy) is 1. The zero-order valence-electron chi connectivity index (χ0n) is 10.4. The molecule has 0 aliphatic heterocycles. The molecule has 0 saturated heterocycles. The SMILES string of the molecule is CNCc1ccnc(Oc2ccc(Cl)c(C)c2)c1. The lowest BCUT2D eigenvalue weighted by molar-refractivity contribution is 0.461. The Morgan fingerprint density at radius 1 is 1.28 bits per heavy atom. The highest BCUT2D eigenvalue weighted by Crippen LogP contribution is 2.25. The molecule has 18 heavy (non-hydrogen) atoms. The number of nitrogens with zero attached hydrogens (tertiary/aromatic N) is 1. The number of aryl methyl sites for hydroxylation is 1. The van der Waals surface area contributed by atoms with Crippen molar-refractivity contribution in [2.24, 2.45) is 0 Å². The minimum absolute atomic E-state index is 0.587. The van der Waals surface area contributed by atoms with E-state index >= 15 is 0 Å². The molecule has 0 spiro atoms. The van der Waals surface area contributed by atoms with Crippen LogP contribution in [0, 0.1) is 6.92 Å². The van der Waals surface area contributed by atoms with Gasteiger partial charge in [0, 0.05) is 23.8 Å². The van der Waals surface area contributed by atoms with Gasteiger partial charge in [-0.05, 0) is 49.4 Å². The van der Waals surface area contributed by atoms with Crippen LogP contribution in [-0.2, 0) is 6.54 Å². The van der Waals surface area contributed by atoms with E-state index in [9.17, 15) is 0 Å². The second-order valence-corrected chi connectivity index (χ2v) is 4.45. The van der Waals surface area contributed by atoms with E-state index in [1.807, 2.05) is 44.3 Å². The molecule has 0 bridgehead atoms. The molecule has 0 amide bonds. The lowest BCUT2D eigenvalue weighted by Gasteiger charge is -2.07. The second kappa shape index (κ2) is 5.85. The van der Waals surface area contributed by atoms with E-state index in [1.165, 1.54) is 0 Å². The Kier molecular flexibility index (Phi) is 4.18. The van der Waals surface area contributed by atoms with Crippen LogP contribution in [0.5, 0.6) is 11.6 Å². The molecule has 0 aliphatic rings. The summed E-state index contributed by atoms with van der Waals surface area (Å²) in [6, 6.07) is 9.43. The molecule has 3 nitrogen and oxygen atoms in total. The van der Waals surface area contributed by atoms with E-state index in [2.05, 4.69) is 10.3 Å². The van der Waals surface area contributed by atoms with Crippen molar-refractivity contribution in [3.8, 4) is 11.6 Å². The highest BCUT2D eigenvalue weighted by molar-refractivity contribution is 6.31. The van der Waals surface area contributed by atoms with Gasteiger partial charge in [0.1, 0.15) is 5.75 Å². The van der Waals surface area contributed by atoms with Gasteiger partial charge in [0.05, 0.1) is 0 Å². The van der Waals surface area contributed by atoms with E-state index in [-0.39, 0.29) is 0 Å². The minimum atomic E-state index is 0.587. The van der Waals surface area contributed by atoms with Crippen molar-refractivity contribution in [2.75, 3.05) is 7.05 Å². The topological polar surface area (TPSA) is 34.2 Å². The molecule has 0 fully saturated rings. The maximum Gasteiger partial charge on any atom is 0.219 e. The summed E-state index contributed by atoms with van der Waals surface area (Å²) in [5, 5.41) is 3.83. The Balaban J connectivity index is 2.17. The van der Waals surface area contributed by atoms with E-state index in [4.69, 9.17) is 16.3 Å². The number of hydrogen-bond donors (Lipinski definition) is 1. The molecule has 4 heteroatoms. The van der Waals surface area contributed by atoms with E-state index in [1.54, 1.807) is 6.20 Å². The number of benzene rings is 1. The molecule has 1 N–H and O–H groups in total. The Labute approximate surface area is 112 Å². The summed E-state index contributed by atoms with van der Waals surface area (Å²) >= 11 is 5.97. The van der Waals surface area contributed by atoms with Gasteiger partial charge in [0.25, 0.3) is 0 Å². The molecular formula is C14H15ClN2O. The Bertz CT molecular complexity index is 543. The van der Waals surface area contributed by atoms with Crippen molar-refractivity contribution < 1.29 is 4.74 Å². The molecule has 0 atom stereocenters.